The smallest absolute Gasteiger partial charge is 0.410 e. The van der Waals surface area contributed by atoms with Crippen LogP contribution in [0.1, 0.15) is 65.0 Å². The number of amides is 3. The molecule has 2 N–H and O–H groups in total. The number of hydrogen-bond donors (Lipinski definition) is 2. The zero-order chi connectivity index (χ0) is 38.4. The Morgan fingerprint density at radius 1 is 1.04 bits per heavy atom. The van der Waals surface area contributed by atoms with Crippen LogP contribution in [0, 0.1) is 11.7 Å². The lowest BCUT2D eigenvalue weighted by Gasteiger charge is -2.44. The van der Waals surface area contributed by atoms with Gasteiger partial charge in [0.2, 0.25) is 15.9 Å². The molecule has 4 atom stereocenters. The number of carbonyl (C=O) groups excluding carboxylic acids is 3. The Kier molecular flexibility index (Phi) is 13.3. The molecular formula is C37H47ClFN5O7S. The monoisotopic (exact) mass is 759 g/mol. The van der Waals surface area contributed by atoms with E-state index in [1.165, 1.54) is 34.6 Å². The molecule has 282 valence electrons. The van der Waals surface area contributed by atoms with Gasteiger partial charge in [0.05, 0.1) is 30.1 Å². The number of halogens is 2. The lowest BCUT2D eigenvalue weighted by atomic mass is 9.82. The van der Waals surface area contributed by atoms with Crippen LogP contribution in [0.3, 0.4) is 0 Å². The number of aromatic nitrogens is 1. The van der Waals surface area contributed by atoms with Crippen molar-refractivity contribution in [1.82, 2.24) is 19.5 Å². The van der Waals surface area contributed by atoms with E-state index in [1.54, 1.807) is 70.2 Å². The van der Waals surface area contributed by atoms with E-state index in [0.717, 1.165) is 11.8 Å². The van der Waals surface area contributed by atoms with E-state index in [-0.39, 0.29) is 48.0 Å². The first kappa shape index (κ1) is 40.5. The van der Waals surface area contributed by atoms with E-state index in [4.69, 9.17) is 21.1 Å². The van der Waals surface area contributed by atoms with E-state index in [1.807, 2.05) is 13.8 Å². The number of nitrogens with zero attached hydrogens (tertiary/aromatic N) is 3. The molecule has 0 saturated carbocycles. The van der Waals surface area contributed by atoms with Crippen LogP contribution in [-0.2, 0) is 30.7 Å². The van der Waals surface area contributed by atoms with Crippen LogP contribution in [0.2, 0.25) is 5.02 Å². The number of nitrogens with one attached hydrogen (secondary N) is 2. The van der Waals surface area contributed by atoms with Gasteiger partial charge < -0.3 is 25.0 Å². The van der Waals surface area contributed by atoms with Crippen LogP contribution in [0.25, 0.3) is 0 Å². The van der Waals surface area contributed by atoms with E-state index < -0.39 is 63.6 Å². The first-order valence-electron chi connectivity index (χ1n) is 17.0. The largest absolute Gasteiger partial charge is 0.453 e. The van der Waals surface area contributed by atoms with E-state index in [2.05, 4.69) is 15.6 Å². The summed E-state index contributed by atoms with van der Waals surface area (Å²) >= 11 is 6.12. The number of piperazine rings is 1. The highest BCUT2D eigenvalue weighted by Crippen LogP contribution is 2.33. The molecule has 1 aromatic heterocycles. The van der Waals surface area contributed by atoms with Gasteiger partial charge in [-0.15, -0.1) is 0 Å². The number of sulfonamides is 1. The fraction of sp³-hybridized carbons (Fsp3) is 0.459. The molecule has 0 bridgehead atoms. The molecule has 1 fully saturated rings. The summed E-state index contributed by atoms with van der Waals surface area (Å²) in [6, 6.07) is 12.3. The van der Waals surface area contributed by atoms with Crippen molar-refractivity contribution in [3.63, 3.8) is 0 Å². The second-order valence-electron chi connectivity index (χ2n) is 14.1. The SMILES string of the molecule is COC(=O)N[C@@H](C(=O)Nc1cncc(F)c1CCC1CN(C(=O)OC(C)(C)C)CC(C)N1S(=O)(=O)c1ccccc1)[C@@H](c1ccc(Cl)cc1)C(C)C. The molecule has 4 rings (SSSR count). The zero-order valence-corrected chi connectivity index (χ0v) is 32.0. The molecule has 1 aliphatic rings. The molecule has 3 amide bonds. The minimum Gasteiger partial charge on any atom is -0.453 e. The summed E-state index contributed by atoms with van der Waals surface area (Å²) in [6.45, 7) is 10.8. The van der Waals surface area contributed by atoms with Crippen molar-refractivity contribution in [2.45, 2.75) is 88.9 Å². The summed E-state index contributed by atoms with van der Waals surface area (Å²) in [5.41, 5.74) is 0.0747. The van der Waals surface area contributed by atoms with Gasteiger partial charge in [-0.1, -0.05) is 55.8 Å². The van der Waals surface area contributed by atoms with Gasteiger partial charge in [0.25, 0.3) is 0 Å². The Bertz CT molecular complexity index is 1820. The Morgan fingerprint density at radius 3 is 2.29 bits per heavy atom. The van der Waals surface area contributed by atoms with Crippen LogP contribution in [0.5, 0.6) is 0 Å². The van der Waals surface area contributed by atoms with Crippen LogP contribution >= 0.6 is 11.6 Å². The first-order chi connectivity index (χ1) is 24.4. The van der Waals surface area contributed by atoms with Gasteiger partial charge in [-0.2, -0.15) is 4.31 Å². The third-order valence-corrected chi connectivity index (χ3v) is 11.1. The maximum Gasteiger partial charge on any atom is 0.410 e. The molecule has 0 aliphatic carbocycles. The van der Waals surface area contributed by atoms with Crippen molar-refractivity contribution in [2.75, 3.05) is 25.5 Å². The third kappa shape index (κ3) is 9.98. The van der Waals surface area contributed by atoms with Gasteiger partial charge in [0.1, 0.15) is 17.5 Å². The molecule has 1 aliphatic heterocycles. The number of methoxy groups -OCH3 is 1. The number of ether oxygens (including phenoxy) is 2. The average molecular weight is 760 g/mol. The normalized spacial score (nSPS) is 18.0. The number of anilines is 1. The maximum atomic E-state index is 15.6. The van der Waals surface area contributed by atoms with Gasteiger partial charge in [-0.25, -0.2) is 22.4 Å². The number of rotatable bonds is 11. The molecule has 1 saturated heterocycles. The molecule has 0 spiro atoms. The lowest BCUT2D eigenvalue weighted by Crippen LogP contribution is -2.61. The van der Waals surface area contributed by atoms with E-state index in [0.29, 0.717) is 5.02 Å². The molecule has 12 nitrogen and oxygen atoms in total. The van der Waals surface area contributed by atoms with Gasteiger partial charge >= 0.3 is 12.2 Å². The van der Waals surface area contributed by atoms with Crippen molar-refractivity contribution in [1.29, 1.82) is 0 Å². The second-order valence-corrected chi connectivity index (χ2v) is 16.4. The van der Waals surface area contributed by atoms with Crippen LogP contribution in [-0.4, -0.2) is 84.6 Å². The minimum absolute atomic E-state index is 0.0119. The second kappa shape index (κ2) is 17.0. The topological polar surface area (TPSA) is 147 Å². The zero-order valence-electron chi connectivity index (χ0n) is 30.4. The fourth-order valence-electron chi connectivity index (χ4n) is 6.51. The molecule has 2 aromatic carbocycles. The summed E-state index contributed by atoms with van der Waals surface area (Å²) in [5.74, 6) is -2.07. The van der Waals surface area contributed by atoms with E-state index >= 15 is 4.39 Å². The highest BCUT2D eigenvalue weighted by Gasteiger charge is 2.43. The third-order valence-electron chi connectivity index (χ3n) is 8.74. The molecule has 2 unspecified atom stereocenters. The summed E-state index contributed by atoms with van der Waals surface area (Å²) in [5, 5.41) is 5.89. The number of carbonyl (C=O) groups is 3. The van der Waals surface area contributed by atoms with Crippen LogP contribution in [0.15, 0.2) is 71.9 Å². The number of pyridine rings is 1. The number of hydrogen-bond acceptors (Lipinski definition) is 8. The minimum atomic E-state index is -4.04. The van der Waals surface area contributed by atoms with Gasteiger partial charge in [0, 0.05) is 41.7 Å². The Labute approximate surface area is 310 Å². The quantitative estimate of drug-likeness (QED) is 0.222. The Hall–Kier alpha value is -4.27. The summed E-state index contributed by atoms with van der Waals surface area (Å²) in [6.07, 6.45) is 0.918. The predicted octanol–water partition coefficient (Wildman–Crippen LogP) is 6.61. The number of alkyl carbamates (subject to hydrolysis) is 1. The highest BCUT2D eigenvalue weighted by molar-refractivity contribution is 7.89. The van der Waals surface area contributed by atoms with Crippen LogP contribution in [0.4, 0.5) is 19.7 Å². The maximum absolute atomic E-state index is 15.6. The summed E-state index contributed by atoms with van der Waals surface area (Å²) < 4.78 is 55.5. The van der Waals surface area contributed by atoms with Crippen molar-refractivity contribution in [3.8, 4) is 0 Å². The molecule has 2 heterocycles. The van der Waals surface area contributed by atoms with Crippen molar-refractivity contribution in [3.05, 3.63) is 89.0 Å². The Balaban J connectivity index is 1.67. The fourth-order valence-corrected chi connectivity index (χ4v) is 8.48. The summed E-state index contributed by atoms with van der Waals surface area (Å²) in [7, 11) is -2.86. The van der Waals surface area contributed by atoms with Gasteiger partial charge in [0.15, 0.2) is 0 Å². The summed E-state index contributed by atoms with van der Waals surface area (Å²) in [4.78, 5) is 45.2. The first-order valence-corrected chi connectivity index (χ1v) is 18.8. The van der Waals surface area contributed by atoms with Crippen molar-refractivity contribution in [2.24, 2.45) is 5.92 Å². The van der Waals surface area contributed by atoms with Gasteiger partial charge in [-0.3, -0.25) is 9.78 Å². The molecule has 3 aromatic rings. The highest BCUT2D eigenvalue weighted by atomic mass is 35.5. The molecule has 52 heavy (non-hydrogen) atoms. The van der Waals surface area contributed by atoms with Crippen molar-refractivity contribution < 1.29 is 36.7 Å². The number of benzene rings is 2. The van der Waals surface area contributed by atoms with E-state index in [9.17, 15) is 22.8 Å². The Morgan fingerprint density at radius 2 is 1.69 bits per heavy atom. The lowest BCUT2D eigenvalue weighted by molar-refractivity contribution is -0.118. The van der Waals surface area contributed by atoms with Gasteiger partial charge in [-0.05, 0) is 76.3 Å². The predicted molar refractivity (Wildman–Crippen MR) is 196 cm³/mol. The standard InChI is InChI=1S/C37H47ClFN5O7S/c1-23(2)32(25-13-15-26(38)16-14-25)33(42-35(46)50-7)34(45)41-31-20-40-19-30(39)29(31)18-17-27-22-43(36(47)51-37(4,5)6)21-24(3)44(27)52(48,49)28-11-9-8-10-12-28/h8-16,19-20,23-24,27,32-33H,17-18,21-22H2,1-7H3,(H,41,45)(H,42,46)/t24?,27?,32-,33-/m1/s1. The molecule has 0 radical (unpaired) electrons. The van der Waals surface area contributed by atoms with Crippen LogP contribution < -0.4 is 10.6 Å². The average Bonchev–Trinajstić information content (AvgIpc) is 3.07. The molecular weight excluding hydrogens is 713 g/mol. The van der Waals surface area contributed by atoms with Crippen molar-refractivity contribution >= 4 is 45.4 Å². The molecule has 15 heteroatoms.